The van der Waals surface area contributed by atoms with E-state index in [1.54, 1.807) is 0 Å². The van der Waals surface area contributed by atoms with Gasteiger partial charge >= 0.3 is 19.8 Å². The van der Waals surface area contributed by atoms with Gasteiger partial charge in [0.05, 0.1) is 27.7 Å². The number of rotatable bonds is 31. The summed E-state index contributed by atoms with van der Waals surface area (Å²) in [7, 11) is 1.43. The Bertz CT molecular complexity index is 1010. The quantitative estimate of drug-likeness (QED) is 0.0251. The third-order valence-electron chi connectivity index (χ3n) is 7.06. The van der Waals surface area contributed by atoms with Crippen LogP contribution in [0.4, 0.5) is 0 Å². The Morgan fingerprint density at radius 2 is 1.19 bits per heavy atom. The lowest BCUT2D eigenvalue weighted by Crippen LogP contribution is -2.37. The van der Waals surface area contributed by atoms with E-state index in [1.807, 2.05) is 27.2 Å². The van der Waals surface area contributed by atoms with Crippen LogP contribution in [0.1, 0.15) is 117 Å². The maximum atomic E-state index is 12.6. The largest absolute Gasteiger partial charge is 0.472 e. The van der Waals surface area contributed by atoms with Gasteiger partial charge in [-0.15, -0.1) is 0 Å². The fraction of sp³-hybridized carbons (Fsp3) is 0.684. The van der Waals surface area contributed by atoms with Gasteiger partial charge in [0.25, 0.3) is 0 Å². The third kappa shape index (κ3) is 33.6. The number of carbonyl (C=O) groups excluding carboxylic acids is 2. The lowest BCUT2D eigenvalue weighted by molar-refractivity contribution is -0.870. The predicted octanol–water partition coefficient (Wildman–Crippen LogP) is 9.34. The molecule has 0 aliphatic carbocycles. The minimum absolute atomic E-state index is 0.0188. The van der Waals surface area contributed by atoms with Gasteiger partial charge in [-0.3, -0.25) is 18.6 Å². The van der Waals surface area contributed by atoms with Crippen molar-refractivity contribution in [1.29, 1.82) is 0 Å². The van der Waals surface area contributed by atoms with E-state index in [9.17, 15) is 19.0 Å². The number of esters is 2. The van der Waals surface area contributed by atoms with Crippen LogP contribution in [0.2, 0.25) is 0 Å². The predicted molar refractivity (Wildman–Crippen MR) is 196 cm³/mol. The number of likely N-dealkylation sites (N-methyl/N-ethyl adjacent to an activating group) is 1. The summed E-state index contributed by atoms with van der Waals surface area (Å²) in [5, 5.41) is 0. The second-order valence-electron chi connectivity index (χ2n) is 12.9. The van der Waals surface area contributed by atoms with Crippen molar-refractivity contribution in [3.63, 3.8) is 0 Å². The van der Waals surface area contributed by atoms with Gasteiger partial charge in [-0.05, 0) is 51.4 Å². The molecule has 0 aromatic heterocycles. The van der Waals surface area contributed by atoms with Crippen molar-refractivity contribution in [3.05, 3.63) is 60.8 Å². The number of nitrogens with zero attached hydrogens (tertiary/aromatic N) is 1. The van der Waals surface area contributed by atoms with Crippen LogP contribution in [-0.4, -0.2) is 74.9 Å². The average molecular weight is 697 g/mol. The Morgan fingerprint density at radius 3 is 1.75 bits per heavy atom. The summed E-state index contributed by atoms with van der Waals surface area (Å²) in [5.41, 5.74) is 0. The highest BCUT2D eigenvalue weighted by molar-refractivity contribution is 7.47. The van der Waals surface area contributed by atoms with Crippen LogP contribution >= 0.6 is 7.82 Å². The molecule has 1 N–H and O–H groups in total. The van der Waals surface area contributed by atoms with Crippen molar-refractivity contribution in [2.75, 3.05) is 47.5 Å². The van der Waals surface area contributed by atoms with E-state index in [2.05, 4.69) is 68.5 Å². The van der Waals surface area contributed by atoms with Crippen molar-refractivity contribution < 1.29 is 42.1 Å². The van der Waals surface area contributed by atoms with Crippen LogP contribution in [-0.2, 0) is 32.7 Å². The van der Waals surface area contributed by atoms with Crippen LogP contribution in [0.3, 0.4) is 0 Å². The van der Waals surface area contributed by atoms with E-state index >= 15 is 0 Å². The normalized spacial score (nSPS) is 14.5. The second kappa shape index (κ2) is 30.7. The number of hydrogen-bond donors (Lipinski definition) is 1. The van der Waals surface area contributed by atoms with Gasteiger partial charge in [0, 0.05) is 12.8 Å². The van der Waals surface area contributed by atoms with Crippen LogP contribution in [0.5, 0.6) is 0 Å². The maximum Gasteiger partial charge on any atom is 0.472 e. The summed E-state index contributed by atoms with van der Waals surface area (Å²) in [4.78, 5) is 34.9. The number of phosphoric ester groups is 1. The van der Waals surface area contributed by atoms with E-state index in [4.69, 9.17) is 18.5 Å². The zero-order valence-corrected chi connectivity index (χ0v) is 31.6. The van der Waals surface area contributed by atoms with Crippen molar-refractivity contribution >= 4 is 19.8 Å². The average Bonchev–Trinajstić information content (AvgIpc) is 3.02. The molecular formula is C38H67NO8P+. The first kappa shape index (κ1) is 45.7. The maximum absolute atomic E-state index is 12.6. The number of phosphoric acid groups is 1. The summed E-state index contributed by atoms with van der Waals surface area (Å²) in [6.45, 7) is 4.15. The van der Waals surface area contributed by atoms with Gasteiger partial charge < -0.3 is 18.9 Å². The molecule has 48 heavy (non-hydrogen) atoms. The molecule has 2 unspecified atom stereocenters. The molecule has 9 nitrogen and oxygen atoms in total. The lowest BCUT2D eigenvalue weighted by atomic mass is 10.1. The van der Waals surface area contributed by atoms with Crippen LogP contribution in [0, 0.1) is 0 Å². The summed E-state index contributed by atoms with van der Waals surface area (Å²) in [6, 6.07) is 0. The Balaban J connectivity index is 4.55. The highest BCUT2D eigenvalue weighted by Gasteiger charge is 2.27. The molecule has 0 rings (SSSR count). The highest BCUT2D eigenvalue weighted by Crippen LogP contribution is 2.43. The zero-order chi connectivity index (χ0) is 35.8. The molecule has 0 fully saturated rings. The van der Waals surface area contributed by atoms with E-state index in [0.29, 0.717) is 23.9 Å². The molecule has 0 amide bonds. The Hall–Kier alpha value is -2.29. The van der Waals surface area contributed by atoms with Gasteiger partial charge in [-0.2, -0.15) is 0 Å². The van der Waals surface area contributed by atoms with Crippen molar-refractivity contribution in [2.24, 2.45) is 0 Å². The Kier molecular flexibility index (Phi) is 29.3. The number of unbranched alkanes of at least 4 members (excludes halogenated alkanes) is 7. The number of hydrogen-bond acceptors (Lipinski definition) is 7. The van der Waals surface area contributed by atoms with Gasteiger partial charge in [0.15, 0.2) is 6.10 Å². The first-order valence-electron chi connectivity index (χ1n) is 18.0. The van der Waals surface area contributed by atoms with Crippen LogP contribution < -0.4 is 0 Å². The van der Waals surface area contributed by atoms with Crippen molar-refractivity contribution in [1.82, 2.24) is 0 Å². The smallest absolute Gasteiger partial charge is 0.462 e. The molecule has 0 saturated carbocycles. The fourth-order valence-electron chi connectivity index (χ4n) is 4.22. The topological polar surface area (TPSA) is 108 Å². The Labute approximate surface area is 292 Å². The fourth-order valence-corrected chi connectivity index (χ4v) is 4.96. The van der Waals surface area contributed by atoms with Crippen molar-refractivity contribution in [3.8, 4) is 0 Å². The molecule has 276 valence electrons. The zero-order valence-electron chi connectivity index (χ0n) is 30.7. The minimum Gasteiger partial charge on any atom is -0.462 e. The van der Waals surface area contributed by atoms with Gasteiger partial charge in [0.2, 0.25) is 0 Å². The van der Waals surface area contributed by atoms with Gasteiger partial charge in [-0.1, -0.05) is 113 Å². The SMILES string of the molecule is CC/C=C\C/C=C\C/C=C\C/C=C\C/C=C\CCCC(=O)OC(COC(=O)CCCCCCCCC)COP(=O)(O)OCC[N+](C)(C)C. The first-order valence-corrected chi connectivity index (χ1v) is 19.5. The number of allylic oxidation sites excluding steroid dienone is 10. The molecule has 0 spiro atoms. The highest BCUT2D eigenvalue weighted by atomic mass is 31.2. The molecular weight excluding hydrogens is 629 g/mol. The number of quaternary nitrogens is 1. The molecule has 0 bridgehead atoms. The summed E-state index contributed by atoms with van der Waals surface area (Å²) < 4.78 is 33.9. The molecule has 0 heterocycles. The molecule has 0 aromatic carbocycles. The summed E-state index contributed by atoms with van der Waals surface area (Å²) in [5.74, 6) is -0.882. The minimum atomic E-state index is -4.38. The summed E-state index contributed by atoms with van der Waals surface area (Å²) in [6.07, 6.45) is 34.4. The molecule has 0 radical (unpaired) electrons. The molecule has 0 aliphatic heterocycles. The van der Waals surface area contributed by atoms with Gasteiger partial charge in [-0.25, -0.2) is 4.57 Å². The van der Waals surface area contributed by atoms with Crippen LogP contribution in [0.25, 0.3) is 0 Å². The summed E-state index contributed by atoms with van der Waals surface area (Å²) >= 11 is 0. The van der Waals surface area contributed by atoms with Crippen molar-refractivity contribution in [2.45, 2.75) is 123 Å². The van der Waals surface area contributed by atoms with E-state index in [1.165, 1.54) is 19.3 Å². The number of carbonyl (C=O) groups is 2. The monoisotopic (exact) mass is 696 g/mol. The van der Waals surface area contributed by atoms with E-state index in [-0.39, 0.29) is 26.1 Å². The number of ether oxygens (including phenoxy) is 2. The molecule has 0 aromatic rings. The molecule has 0 saturated heterocycles. The third-order valence-corrected chi connectivity index (χ3v) is 8.05. The Morgan fingerprint density at radius 1 is 0.667 bits per heavy atom. The van der Waals surface area contributed by atoms with E-state index in [0.717, 1.165) is 57.8 Å². The first-order chi connectivity index (χ1) is 23.0. The van der Waals surface area contributed by atoms with Gasteiger partial charge in [0.1, 0.15) is 19.8 Å². The second-order valence-corrected chi connectivity index (χ2v) is 14.3. The lowest BCUT2D eigenvalue weighted by Gasteiger charge is -2.24. The molecule has 2 atom stereocenters. The standard InChI is InChI=1S/C38H66NO8P/c1-6-8-10-12-14-15-16-17-18-19-20-21-22-23-25-27-29-31-38(41)47-36(35-46-48(42,43)45-33-32-39(3,4)5)34-44-37(40)30-28-26-24-13-11-9-7-2/h8,10,14-15,17-18,20-21,23,25,36H,6-7,9,11-13,16,19,22,24,26-35H2,1-5H3/p+1/b10-8-,15-14-,18-17-,21-20-,25-23-. The molecule has 10 heteroatoms. The van der Waals surface area contributed by atoms with Crippen LogP contribution in [0.15, 0.2) is 60.8 Å². The van der Waals surface area contributed by atoms with E-state index < -0.39 is 32.5 Å². The molecule has 0 aliphatic rings.